The first kappa shape index (κ1) is 18.6. The Labute approximate surface area is 166 Å². The van der Waals surface area contributed by atoms with E-state index in [2.05, 4.69) is 51.6 Å². The number of nitrogens with zero attached hydrogens (tertiary/aromatic N) is 2. The standard InChI is InChI=1S/C23H27N3O2/c1-24-23(26(2)16-20-14-18-10-6-7-11-21(18)28-20)25-15-19-12-13-27-22(19)17-8-4-3-5-9-17/h3-11,14,19,22H,12-13,15-16H2,1-2H3,(H,24,25). The number of ether oxygens (including phenoxy) is 1. The van der Waals surface area contributed by atoms with Crippen molar-refractivity contribution in [3.05, 3.63) is 72.0 Å². The van der Waals surface area contributed by atoms with Crippen LogP contribution < -0.4 is 5.32 Å². The zero-order valence-electron chi connectivity index (χ0n) is 16.5. The van der Waals surface area contributed by atoms with Crippen molar-refractivity contribution in [2.45, 2.75) is 19.1 Å². The van der Waals surface area contributed by atoms with Crippen molar-refractivity contribution in [3.8, 4) is 0 Å². The van der Waals surface area contributed by atoms with Crippen LogP contribution in [-0.2, 0) is 11.3 Å². The molecule has 2 unspecified atom stereocenters. The van der Waals surface area contributed by atoms with Crippen LogP contribution in [0, 0.1) is 5.92 Å². The fourth-order valence-electron chi connectivity index (χ4n) is 3.88. The van der Waals surface area contributed by atoms with Crippen molar-refractivity contribution in [2.24, 2.45) is 10.9 Å². The van der Waals surface area contributed by atoms with Gasteiger partial charge >= 0.3 is 0 Å². The molecule has 3 aromatic rings. The molecule has 1 aromatic heterocycles. The maximum absolute atomic E-state index is 6.00. The number of nitrogens with one attached hydrogen (secondary N) is 1. The highest BCUT2D eigenvalue weighted by molar-refractivity contribution is 5.80. The molecule has 1 fully saturated rings. The van der Waals surface area contributed by atoms with Crippen molar-refractivity contribution in [1.82, 2.24) is 10.2 Å². The molecule has 0 spiro atoms. The van der Waals surface area contributed by atoms with Gasteiger partial charge in [0.05, 0.1) is 12.6 Å². The first-order valence-electron chi connectivity index (χ1n) is 9.80. The zero-order chi connectivity index (χ0) is 19.3. The summed E-state index contributed by atoms with van der Waals surface area (Å²) in [6.07, 6.45) is 1.20. The molecule has 2 heterocycles. The SMILES string of the molecule is CN=C(NCC1CCOC1c1ccccc1)N(C)Cc1cc2ccccc2o1. The fraction of sp³-hybridized carbons (Fsp3) is 0.348. The van der Waals surface area contributed by atoms with Gasteiger partial charge in [-0.05, 0) is 24.1 Å². The average Bonchev–Trinajstić information content (AvgIpc) is 3.35. The predicted octanol–water partition coefficient (Wildman–Crippen LogP) is 4.22. The average molecular weight is 377 g/mol. The number of para-hydroxylation sites is 1. The summed E-state index contributed by atoms with van der Waals surface area (Å²) in [7, 11) is 3.85. The van der Waals surface area contributed by atoms with E-state index >= 15 is 0 Å². The molecule has 0 radical (unpaired) electrons. The van der Waals surface area contributed by atoms with Gasteiger partial charge in [-0.2, -0.15) is 0 Å². The Balaban J connectivity index is 1.37. The van der Waals surface area contributed by atoms with Crippen molar-refractivity contribution in [3.63, 3.8) is 0 Å². The molecule has 2 atom stereocenters. The Hall–Kier alpha value is -2.79. The highest BCUT2D eigenvalue weighted by Crippen LogP contribution is 2.33. The number of furan rings is 1. The van der Waals surface area contributed by atoms with Gasteiger partial charge in [-0.15, -0.1) is 0 Å². The summed E-state index contributed by atoms with van der Waals surface area (Å²) in [6, 6.07) is 20.6. The Kier molecular flexibility index (Phi) is 5.63. The quantitative estimate of drug-likeness (QED) is 0.534. The molecule has 1 aliphatic rings. The molecular weight excluding hydrogens is 350 g/mol. The van der Waals surface area contributed by atoms with Crippen molar-refractivity contribution >= 4 is 16.9 Å². The number of aliphatic imine (C=N–C) groups is 1. The van der Waals surface area contributed by atoms with E-state index in [1.807, 2.05) is 38.4 Å². The summed E-state index contributed by atoms with van der Waals surface area (Å²) < 4.78 is 11.9. The molecule has 1 aliphatic heterocycles. The van der Waals surface area contributed by atoms with Crippen molar-refractivity contribution in [1.29, 1.82) is 0 Å². The van der Waals surface area contributed by atoms with Gasteiger partial charge < -0.3 is 19.4 Å². The van der Waals surface area contributed by atoms with Gasteiger partial charge in [0.25, 0.3) is 0 Å². The molecular formula is C23H27N3O2. The van der Waals surface area contributed by atoms with Crippen LogP contribution >= 0.6 is 0 Å². The Morgan fingerprint density at radius 3 is 2.71 bits per heavy atom. The van der Waals surface area contributed by atoms with Crippen LogP contribution in [-0.4, -0.2) is 38.1 Å². The van der Waals surface area contributed by atoms with E-state index in [-0.39, 0.29) is 6.10 Å². The molecule has 0 bridgehead atoms. The van der Waals surface area contributed by atoms with Gasteiger partial charge in [0.2, 0.25) is 0 Å². The highest BCUT2D eigenvalue weighted by atomic mass is 16.5. The van der Waals surface area contributed by atoms with Gasteiger partial charge in [-0.1, -0.05) is 48.5 Å². The minimum Gasteiger partial charge on any atom is -0.459 e. The fourth-order valence-corrected chi connectivity index (χ4v) is 3.88. The van der Waals surface area contributed by atoms with Gasteiger partial charge in [0, 0.05) is 38.6 Å². The summed E-state index contributed by atoms with van der Waals surface area (Å²) in [5.74, 6) is 2.22. The third-order valence-corrected chi connectivity index (χ3v) is 5.31. The number of hydrogen-bond donors (Lipinski definition) is 1. The van der Waals surface area contributed by atoms with Gasteiger partial charge in [-0.25, -0.2) is 0 Å². The Bertz CT molecular complexity index is 902. The second-order valence-corrected chi connectivity index (χ2v) is 7.29. The third kappa shape index (κ3) is 4.04. The summed E-state index contributed by atoms with van der Waals surface area (Å²) in [5, 5.41) is 4.65. The number of rotatable bonds is 5. The monoisotopic (exact) mass is 377 g/mol. The van der Waals surface area contributed by atoms with Crippen LogP contribution in [0.3, 0.4) is 0 Å². The van der Waals surface area contributed by atoms with Crippen LogP contribution in [0.1, 0.15) is 23.8 Å². The summed E-state index contributed by atoms with van der Waals surface area (Å²) in [5.41, 5.74) is 2.17. The highest BCUT2D eigenvalue weighted by Gasteiger charge is 2.29. The van der Waals surface area contributed by atoms with E-state index in [0.717, 1.165) is 42.3 Å². The van der Waals surface area contributed by atoms with Crippen molar-refractivity contribution < 1.29 is 9.15 Å². The molecule has 2 aromatic carbocycles. The van der Waals surface area contributed by atoms with E-state index in [4.69, 9.17) is 9.15 Å². The van der Waals surface area contributed by atoms with Crippen molar-refractivity contribution in [2.75, 3.05) is 27.2 Å². The molecule has 1 saturated heterocycles. The molecule has 4 rings (SSSR count). The molecule has 0 amide bonds. The smallest absolute Gasteiger partial charge is 0.193 e. The van der Waals surface area contributed by atoms with E-state index in [0.29, 0.717) is 12.5 Å². The normalized spacial score (nSPS) is 19.9. The topological polar surface area (TPSA) is 50.0 Å². The number of fused-ring (bicyclic) bond motifs is 1. The van der Waals surface area contributed by atoms with Crippen LogP contribution in [0.25, 0.3) is 11.0 Å². The lowest BCUT2D eigenvalue weighted by molar-refractivity contribution is 0.0913. The maximum atomic E-state index is 6.00. The largest absolute Gasteiger partial charge is 0.459 e. The lowest BCUT2D eigenvalue weighted by atomic mass is 9.95. The van der Waals surface area contributed by atoms with E-state index in [1.54, 1.807) is 0 Å². The molecule has 0 aliphatic carbocycles. The maximum Gasteiger partial charge on any atom is 0.193 e. The Morgan fingerprint density at radius 2 is 1.93 bits per heavy atom. The number of benzene rings is 2. The van der Waals surface area contributed by atoms with Gasteiger partial charge in [0.15, 0.2) is 5.96 Å². The van der Waals surface area contributed by atoms with E-state index in [9.17, 15) is 0 Å². The number of hydrogen-bond acceptors (Lipinski definition) is 3. The first-order valence-corrected chi connectivity index (χ1v) is 9.80. The minimum atomic E-state index is 0.146. The molecule has 146 valence electrons. The van der Waals surface area contributed by atoms with Gasteiger partial charge in [0.1, 0.15) is 11.3 Å². The lowest BCUT2D eigenvalue weighted by Crippen LogP contribution is -2.41. The summed E-state index contributed by atoms with van der Waals surface area (Å²) in [6.45, 7) is 2.30. The van der Waals surface area contributed by atoms with E-state index in [1.165, 1.54) is 5.56 Å². The predicted molar refractivity (Wildman–Crippen MR) is 112 cm³/mol. The van der Waals surface area contributed by atoms with E-state index < -0.39 is 0 Å². The molecule has 1 N–H and O–H groups in total. The zero-order valence-corrected chi connectivity index (χ0v) is 16.5. The second-order valence-electron chi connectivity index (χ2n) is 7.29. The molecule has 5 nitrogen and oxygen atoms in total. The molecule has 5 heteroatoms. The second kappa shape index (κ2) is 8.48. The summed E-state index contributed by atoms with van der Waals surface area (Å²) in [4.78, 5) is 6.53. The lowest BCUT2D eigenvalue weighted by Gasteiger charge is -2.24. The van der Waals surface area contributed by atoms with Crippen LogP contribution in [0.2, 0.25) is 0 Å². The van der Waals surface area contributed by atoms with Crippen LogP contribution in [0.5, 0.6) is 0 Å². The Morgan fingerprint density at radius 1 is 1.14 bits per heavy atom. The number of guanidine groups is 1. The van der Waals surface area contributed by atoms with Crippen LogP contribution in [0.4, 0.5) is 0 Å². The minimum absolute atomic E-state index is 0.146. The van der Waals surface area contributed by atoms with Gasteiger partial charge in [-0.3, -0.25) is 4.99 Å². The third-order valence-electron chi connectivity index (χ3n) is 5.31. The first-order chi connectivity index (χ1) is 13.7. The molecule has 0 saturated carbocycles. The summed E-state index contributed by atoms with van der Waals surface area (Å²) >= 11 is 0. The molecule has 28 heavy (non-hydrogen) atoms. The van der Waals surface area contributed by atoms with Crippen LogP contribution in [0.15, 0.2) is 70.1 Å².